The number of aryl methyl sites for hydroxylation is 1. The molecule has 6 nitrogen and oxygen atoms in total. The first kappa shape index (κ1) is 18.0. The summed E-state index contributed by atoms with van der Waals surface area (Å²) in [5.41, 5.74) is 4.15. The number of fused-ring (bicyclic) bond motifs is 1. The van der Waals surface area contributed by atoms with E-state index < -0.39 is 0 Å². The number of nitrogens with zero attached hydrogens (tertiary/aromatic N) is 3. The molecule has 1 aliphatic heterocycles. The Morgan fingerprint density at radius 2 is 1.96 bits per heavy atom. The van der Waals surface area contributed by atoms with Crippen LogP contribution in [0.15, 0.2) is 48.7 Å². The summed E-state index contributed by atoms with van der Waals surface area (Å²) in [5.74, 6) is 1.33. The van der Waals surface area contributed by atoms with Gasteiger partial charge < -0.3 is 14.7 Å². The first-order valence-electron chi connectivity index (χ1n) is 9.09. The summed E-state index contributed by atoms with van der Waals surface area (Å²) in [6.45, 7) is 2.76. The van der Waals surface area contributed by atoms with Gasteiger partial charge in [-0.1, -0.05) is 23.8 Å². The number of rotatable bonds is 4. The number of aromatic nitrogens is 2. The van der Waals surface area contributed by atoms with Gasteiger partial charge in [0.15, 0.2) is 0 Å². The Kier molecular flexibility index (Phi) is 4.69. The molecule has 6 heteroatoms. The molecule has 1 N–H and O–H groups in total. The molecule has 3 aromatic rings. The van der Waals surface area contributed by atoms with Crippen molar-refractivity contribution in [1.82, 2.24) is 14.9 Å². The molecule has 0 radical (unpaired) electrons. The van der Waals surface area contributed by atoms with E-state index in [0.717, 1.165) is 34.0 Å². The van der Waals surface area contributed by atoms with Crippen LogP contribution in [0.3, 0.4) is 0 Å². The second kappa shape index (κ2) is 7.31. The maximum Gasteiger partial charge on any atom is 0.258 e. The molecule has 1 aromatic heterocycles. The van der Waals surface area contributed by atoms with Crippen molar-refractivity contribution in [3.05, 3.63) is 82.4 Å². The molecule has 0 atom stereocenters. The second-order valence-corrected chi connectivity index (χ2v) is 6.96. The van der Waals surface area contributed by atoms with E-state index >= 15 is 0 Å². The van der Waals surface area contributed by atoms with Gasteiger partial charge in [0.2, 0.25) is 0 Å². The second-order valence-electron chi connectivity index (χ2n) is 6.96. The van der Waals surface area contributed by atoms with Gasteiger partial charge in [-0.3, -0.25) is 4.79 Å². The van der Waals surface area contributed by atoms with E-state index in [2.05, 4.69) is 9.97 Å². The molecule has 2 heterocycles. The molecule has 28 heavy (non-hydrogen) atoms. The van der Waals surface area contributed by atoms with Crippen LogP contribution >= 0.6 is 0 Å². The van der Waals surface area contributed by atoms with Crippen LogP contribution in [-0.2, 0) is 19.5 Å². The van der Waals surface area contributed by atoms with Crippen molar-refractivity contribution < 1.29 is 14.6 Å². The van der Waals surface area contributed by atoms with Crippen LogP contribution in [-0.4, -0.2) is 33.0 Å². The molecule has 142 valence electrons. The van der Waals surface area contributed by atoms with Crippen molar-refractivity contribution in [1.29, 1.82) is 0 Å². The standard InChI is InChI=1S/C22H21N3O3/c1-14-3-8-20(26)18(9-14)22(27)25-12-16-11-23-21(24-19(16)13-25)10-15-4-6-17(28-2)7-5-15/h3-9,11,26H,10,12-13H2,1-2H3. The molecule has 0 fully saturated rings. The molecular formula is C22H21N3O3. The minimum atomic E-state index is -0.198. The van der Waals surface area contributed by atoms with Crippen molar-refractivity contribution in [3.8, 4) is 11.5 Å². The first-order chi connectivity index (χ1) is 13.5. The Labute approximate surface area is 163 Å². The van der Waals surface area contributed by atoms with Gasteiger partial charge in [0.1, 0.15) is 17.3 Å². The van der Waals surface area contributed by atoms with Crippen LogP contribution in [0.1, 0.15) is 38.6 Å². The van der Waals surface area contributed by atoms with Crippen LogP contribution in [0.2, 0.25) is 0 Å². The van der Waals surface area contributed by atoms with Gasteiger partial charge in [0, 0.05) is 24.7 Å². The van der Waals surface area contributed by atoms with E-state index in [0.29, 0.717) is 25.1 Å². The molecule has 4 rings (SSSR count). The van der Waals surface area contributed by atoms with E-state index in [1.165, 1.54) is 0 Å². The van der Waals surface area contributed by atoms with E-state index in [4.69, 9.17) is 4.74 Å². The molecule has 0 bridgehead atoms. The number of ether oxygens (including phenoxy) is 1. The van der Waals surface area contributed by atoms with Crippen LogP contribution in [0.25, 0.3) is 0 Å². The third-order valence-corrected chi connectivity index (χ3v) is 4.90. The minimum Gasteiger partial charge on any atom is -0.507 e. The Morgan fingerprint density at radius 1 is 1.18 bits per heavy atom. The summed E-state index contributed by atoms with van der Waals surface area (Å²) in [6.07, 6.45) is 2.41. The van der Waals surface area contributed by atoms with Crippen molar-refractivity contribution in [2.45, 2.75) is 26.4 Å². The predicted octanol–water partition coefficient (Wildman–Crippen LogP) is 3.25. The van der Waals surface area contributed by atoms with Gasteiger partial charge in [-0.05, 0) is 36.8 Å². The topological polar surface area (TPSA) is 75.6 Å². The largest absolute Gasteiger partial charge is 0.507 e. The summed E-state index contributed by atoms with van der Waals surface area (Å²) in [7, 11) is 1.64. The van der Waals surface area contributed by atoms with Crippen LogP contribution in [0, 0.1) is 6.92 Å². The number of methoxy groups -OCH3 is 1. The smallest absolute Gasteiger partial charge is 0.258 e. The summed E-state index contributed by atoms with van der Waals surface area (Å²) in [4.78, 5) is 23.6. The van der Waals surface area contributed by atoms with Gasteiger partial charge in [-0.15, -0.1) is 0 Å². The predicted molar refractivity (Wildman–Crippen MR) is 104 cm³/mol. The first-order valence-corrected chi connectivity index (χ1v) is 9.09. The Morgan fingerprint density at radius 3 is 2.71 bits per heavy atom. The molecule has 1 amide bonds. The lowest BCUT2D eigenvalue weighted by atomic mass is 10.1. The minimum absolute atomic E-state index is 0.00200. The molecule has 0 spiro atoms. The number of amides is 1. The summed E-state index contributed by atoms with van der Waals surface area (Å²) >= 11 is 0. The highest BCUT2D eigenvalue weighted by molar-refractivity contribution is 5.97. The maximum absolute atomic E-state index is 12.8. The molecule has 0 unspecified atom stereocenters. The van der Waals surface area contributed by atoms with Gasteiger partial charge in [-0.2, -0.15) is 0 Å². The number of phenolic OH excluding ortho intramolecular Hbond substituents is 1. The van der Waals surface area contributed by atoms with Crippen molar-refractivity contribution in [2.75, 3.05) is 7.11 Å². The number of hydrogen-bond acceptors (Lipinski definition) is 5. The molecule has 0 saturated heterocycles. The van der Waals surface area contributed by atoms with Crippen LogP contribution < -0.4 is 4.74 Å². The number of phenols is 1. The van der Waals surface area contributed by atoms with Crippen molar-refractivity contribution in [3.63, 3.8) is 0 Å². The fourth-order valence-electron chi connectivity index (χ4n) is 3.34. The van der Waals surface area contributed by atoms with E-state index in [1.54, 1.807) is 36.4 Å². The fourth-order valence-corrected chi connectivity index (χ4v) is 3.34. The number of benzene rings is 2. The van der Waals surface area contributed by atoms with Gasteiger partial charge in [-0.25, -0.2) is 9.97 Å². The lowest BCUT2D eigenvalue weighted by molar-refractivity contribution is 0.0747. The Bertz CT molecular complexity index is 1030. The summed E-state index contributed by atoms with van der Waals surface area (Å²) in [5, 5.41) is 10.0. The zero-order valence-electron chi connectivity index (χ0n) is 15.8. The number of carbonyl (C=O) groups is 1. The highest BCUT2D eigenvalue weighted by atomic mass is 16.5. The average Bonchev–Trinajstić information content (AvgIpc) is 3.13. The Hall–Kier alpha value is -3.41. The van der Waals surface area contributed by atoms with Gasteiger partial charge in [0.25, 0.3) is 5.91 Å². The van der Waals surface area contributed by atoms with E-state index in [1.807, 2.05) is 31.2 Å². The summed E-state index contributed by atoms with van der Waals surface area (Å²) < 4.78 is 5.18. The lowest BCUT2D eigenvalue weighted by Crippen LogP contribution is -2.25. The number of hydrogen-bond donors (Lipinski definition) is 1. The SMILES string of the molecule is COc1ccc(Cc2ncc3c(n2)CN(C(=O)c2cc(C)ccc2O)C3)cc1. The molecule has 2 aromatic carbocycles. The van der Waals surface area contributed by atoms with Gasteiger partial charge in [0.05, 0.1) is 24.9 Å². The van der Waals surface area contributed by atoms with Crippen LogP contribution in [0.4, 0.5) is 0 Å². The Balaban J connectivity index is 1.50. The zero-order valence-corrected chi connectivity index (χ0v) is 15.8. The molecular weight excluding hydrogens is 354 g/mol. The normalized spacial score (nSPS) is 12.7. The third-order valence-electron chi connectivity index (χ3n) is 4.90. The molecule has 0 aliphatic carbocycles. The molecule has 1 aliphatic rings. The average molecular weight is 375 g/mol. The third kappa shape index (κ3) is 3.53. The monoisotopic (exact) mass is 375 g/mol. The van der Waals surface area contributed by atoms with Crippen molar-refractivity contribution in [2.24, 2.45) is 0 Å². The maximum atomic E-state index is 12.8. The lowest BCUT2D eigenvalue weighted by Gasteiger charge is -2.16. The number of carbonyl (C=O) groups excluding carboxylic acids is 1. The highest BCUT2D eigenvalue weighted by Gasteiger charge is 2.27. The quantitative estimate of drug-likeness (QED) is 0.758. The molecule has 0 saturated carbocycles. The van der Waals surface area contributed by atoms with Crippen LogP contribution in [0.5, 0.6) is 11.5 Å². The highest BCUT2D eigenvalue weighted by Crippen LogP contribution is 2.26. The number of aromatic hydroxyl groups is 1. The van der Waals surface area contributed by atoms with Gasteiger partial charge >= 0.3 is 0 Å². The summed E-state index contributed by atoms with van der Waals surface area (Å²) in [6, 6.07) is 12.9. The zero-order chi connectivity index (χ0) is 19.7. The van der Waals surface area contributed by atoms with E-state index in [9.17, 15) is 9.90 Å². The van der Waals surface area contributed by atoms with Crippen molar-refractivity contribution >= 4 is 5.91 Å². The van der Waals surface area contributed by atoms with E-state index in [-0.39, 0.29) is 11.7 Å². The fraction of sp³-hybridized carbons (Fsp3) is 0.227.